The molecule has 0 fully saturated rings. The Kier molecular flexibility index (Phi) is 3.94. The van der Waals surface area contributed by atoms with Crippen molar-refractivity contribution in [3.05, 3.63) is 28.8 Å². The van der Waals surface area contributed by atoms with Gasteiger partial charge in [0.2, 0.25) is 0 Å². The second-order valence-electron chi connectivity index (χ2n) is 3.23. The molecule has 0 amide bonds. The van der Waals surface area contributed by atoms with Crippen LogP contribution in [0.2, 0.25) is 5.02 Å². The number of aliphatic hydroxyl groups is 1. The number of hydrogen-bond acceptors (Lipinski definition) is 3. The predicted octanol–water partition coefficient (Wildman–Crippen LogP) is 1.05. The highest BCUT2D eigenvalue weighted by Gasteiger charge is 2.07. The average molecular weight is 228 g/mol. The summed E-state index contributed by atoms with van der Waals surface area (Å²) < 4.78 is 0. The second-order valence-corrected chi connectivity index (χ2v) is 3.63. The standard InChI is InChI=1S/C10H14ClN3O/c1-14(4-5-15)9-3-2-7(10(12)13)6-8(9)11/h2-3,6,15H,4-5H2,1H3,(H3,12,13). The van der Waals surface area contributed by atoms with E-state index in [1.54, 1.807) is 18.2 Å². The fourth-order valence-corrected chi connectivity index (χ4v) is 1.58. The van der Waals surface area contributed by atoms with Crippen LogP contribution >= 0.6 is 11.6 Å². The molecule has 0 saturated heterocycles. The second kappa shape index (κ2) is 5.00. The van der Waals surface area contributed by atoms with Gasteiger partial charge in [0.05, 0.1) is 17.3 Å². The Morgan fingerprint density at radius 1 is 1.60 bits per heavy atom. The van der Waals surface area contributed by atoms with Crippen LogP contribution in [0.5, 0.6) is 0 Å². The van der Waals surface area contributed by atoms with Crippen molar-refractivity contribution in [2.24, 2.45) is 5.73 Å². The average Bonchev–Trinajstić information content (AvgIpc) is 2.17. The summed E-state index contributed by atoms with van der Waals surface area (Å²) in [6, 6.07) is 5.17. The molecule has 5 heteroatoms. The fraction of sp³-hybridized carbons (Fsp3) is 0.300. The molecule has 0 aromatic heterocycles. The first-order chi connectivity index (χ1) is 7.06. The lowest BCUT2D eigenvalue weighted by Gasteiger charge is -2.19. The first kappa shape index (κ1) is 11.8. The van der Waals surface area contributed by atoms with Crippen LogP contribution in [0.25, 0.3) is 0 Å². The minimum absolute atomic E-state index is 0.00624. The first-order valence-electron chi connectivity index (χ1n) is 4.52. The fourth-order valence-electron chi connectivity index (χ4n) is 1.25. The molecule has 0 aliphatic rings. The maximum Gasteiger partial charge on any atom is 0.122 e. The predicted molar refractivity (Wildman–Crippen MR) is 62.8 cm³/mol. The Bertz CT molecular complexity index is 368. The molecule has 0 unspecified atom stereocenters. The Hall–Kier alpha value is -1.26. The molecule has 0 spiro atoms. The first-order valence-corrected chi connectivity index (χ1v) is 4.90. The summed E-state index contributed by atoms with van der Waals surface area (Å²) in [5.41, 5.74) is 6.75. The summed E-state index contributed by atoms with van der Waals surface area (Å²) in [5, 5.41) is 16.6. The zero-order valence-corrected chi connectivity index (χ0v) is 9.25. The summed E-state index contributed by atoms with van der Waals surface area (Å²) in [6.07, 6.45) is 0. The molecule has 15 heavy (non-hydrogen) atoms. The molecule has 0 saturated carbocycles. The topological polar surface area (TPSA) is 73.3 Å². The third-order valence-electron chi connectivity index (χ3n) is 2.11. The zero-order chi connectivity index (χ0) is 11.4. The van der Waals surface area contributed by atoms with E-state index in [4.69, 9.17) is 27.9 Å². The van der Waals surface area contributed by atoms with Crippen molar-refractivity contribution in [3.63, 3.8) is 0 Å². The smallest absolute Gasteiger partial charge is 0.122 e. The molecule has 4 nitrogen and oxygen atoms in total. The van der Waals surface area contributed by atoms with Crippen LogP contribution < -0.4 is 10.6 Å². The molecule has 82 valence electrons. The zero-order valence-electron chi connectivity index (χ0n) is 8.50. The van der Waals surface area contributed by atoms with Gasteiger partial charge in [0.15, 0.2) is 0 Å². The van der Waals surface area contributed by atoms with Gasteiger partial charge >= 0.3 is 0 Å². The van der Waals surface area contributed by atoms with E-state index in [-0.39, 0.29) is 12.4 Å². The normalized spacial score (nSPS) is 10.1. The van der Waals surface area contributed by atoms with E-state index >= 15 is 0 Å². The van der Waals surface area contributed by atoms with Gasteiger partial charge in [-0.2, -0.15) is 0 Å². The minimum atomic E-state index is -0.00624. The van der Waals surface area contributed by atoms with Gasteiger partial charge in [-0.25, -0.2) is 0 Å². The number of amidine groups is 1. The number of benzene rings is 1. The number of halogens is 1. The lowest BCUT2D eigenvalue weighted by atomic mass is 10.2. The van der Waals surface area contributed by atoms with E-state index in [0.29, 0.717) is 17.1 Å². The third kappa shape index (κ3) is 2.84. The Morgan fingerprint density at radius 3 is 2.73 bits per heavy atom. The summed E-state index contributed by atoms with van der Waals surface area (Å²) in [4.78, 5) is 1.84. The van der Waals surface area contributed by atoms with Crippen LogP contribution in [0.15, 0.2) is 18.2 Å². The van der Waals surface area contributed by atoms with Gasteiger partial charge in [0, 0.05) is 19.2 Å². The number of hydrogen-bond donors (Lipinski definition) is 3. The number of likely N-dealkylation sites (N-methyl/N-ethyl adjacent to an activating group) is 1. The molecule has 1 aromatic rings. The lowest BCUT2D eigenvalue weighted by molar-refractivity contribution is 0.304. The molecule has 0 aliphatic carbocycles. The van der Waals surface area contributed by atoms with Gasteiger partial charge < -0.3 is 15.7 Å². The van der Waals surface area contributed by atoms with Crippen LogP contribution in [0, 0.1) is 5.41 Å². The SMILES string of the molecule is CN(CCO)c1ccc(C(=N)N)cc1Cl. The molecule has 0 atom stereocenters. The monoisotopic (exact) mass is 227 g/mol. The highest BCUT2D eigenvalue weighted by molar-refractivity contribution is 6.33. The molecular formula is C10H14ClN3O. The summed E-state index contributed by atoms with van der Waals surface area (Å²) >= 11 is 6.03. The van der Waals surface area contributed by atoms with Crippen LogP contribution in [-0.2, 0) is 0 Å². The Balaban J connectivity index is 2.97. The number of nitrogen functional groups attached to an aromatic ring is 1. The van der Waals surface area contributed by atoms with Gasteiger partial charge in [0.1, 0.15) is 5.84 Å². The number of rotatable bonds is 4. The van der Waals surface area contributed by atoms with Gasteiger partial charge in [-0.1, -0.05) is 11.6 Å². The molecule has 4 N–H and O–H groups in total. The lowest BCUT2D eigenvalue weighted by Crippen LogP contribution is -2.21. The van der Waals surface area contributed by atoms with Crippen molar-refractivity contribution in [3.8, 4) is 0 Å². The van der Waals surface area contributed by atoms with E-state index in [2.05, 4.69) is 0 Å². The van der Waals surface area contributed by atoms with E-state index < -0.39 is 0 Å². The van der Waals surface area contributed by atoms with Crippen LogP contribution in [0.1, 0.15) is 5.56 Å². The Morgan fingerprint density at radius 2 is 2.27 bits per heavy atom. The maximum atomic E-state index is 8.79. The number of nitrogens with zero attached hydrogens (tertiary/aromatic N) is 1. The summed E-state index contributed by atoms with van der Waals surface area (Å²) in [5.74, 6) is -0.00624. The van der Waals surface area contributed by atoms with Crippen molar-refractivity contribution in [1.29, 1.82) is 5.41 Å². The summed E-state index contributed by atoms with van der Waals surface area (Å²) in [7, 11) is 1.84. The van der Waals surface area contributed by atoms with Crippen molar-refractivity contribution < 1.29 is 5.11 Å². The van der Waals surface area contributed by atoms with Gasteiger partial charge in [-0.3, -0.25) is 5.41 Å². The molecule has 0 bridgehead atoms. The number of nitrogens with one attached hydrogen (secondary N) is 1. The van der Waals surface area contributed by atoms with Crippen molar-refractivity contribution in [1.82, 2.24) is 0 Å². The van der Waals surface area contributed by atoms with Gasteiger partial charge in [-0.15, -0.1) is 0 Å². The molecule has 1 aromatic carbocycles. The largest absolute Gasteiger partial charge is 0.395 e. The van der Waals surface area contributed by atoms with Crippen LogP contribution in [0.3, 0.4) is 0 Å². The molecule has 0 heterocycles. The van der Waals surface area contributed by atoms with Gasteiger partial charge in [-0.05, 0) is 18.2 Å². The van der Waals surface area contributed by atoms with E-state index in [9.17, 15) is 0 Å². The maximum absolute atomic E-state index is 8.79. The van der Waals surface area contributed by atoms with Crippen molar-refractivity contribution >= 4 is 23.1 Å². The van der Waals surface area contributed by atoms with E-state index in [0.717, 1.165) is 5.69 Å². The van der Waals surface area contributed by atoms with Gasteiger partial charge in [0.25, 0.3) is 0 Å². The van der Waals surface area contributed by atoms with Crippen LogP contribution in [-0.4, -0.2) is 31.1 Å². The van der Waals surface area contributed by atoms with E-state index in [1.807, 2.05) is 11.9 Å². The molecule has 1 rings (SSSR count). The number of aliphatic hydroxyl groups excluding tert-OH is 1. The highest BCUT2D eigenvalue weighted by atomic mass is 35.5. The quantitative estimate of drug-likeness (QED) is 0.532. The summed E-state index contributed by atoms with van der Waals surface area (Å²) in [6.45, 7) is 0.584. The van der Waals surface area contributed by atoms with E-state index in [1.165, 1.54) is 0 Å². The van der Waals surface area contributed by atoms with Crippen molar-refractivity contribution in [2.45, 2.75) is 0 Å². The van der Waals surface area contributed by atoms with Crippen molar-refractivity contribution in [2.75, 3.05) is 25.1 Å². The molecular weight excluding hydrogens is 214 g/mol. The Labute approximate surface area is 93.8 Å². The molecule has 0 radical (unpaired) electrons. The molecule has 0 aliphatic heterocycles. The van der Waals surface area contributed by atoms with Crippen LogP contribution in [0.4, 0.5) is 5.69 Å². The number of anilines is 1. The minimum Gasteiger partial charge on any atom is -0.395 e. The highest BCUT2D eigenvalue weighted by Crippen LogP contribution is 2.25. The number of nitrogens with two attached hydrogens (primary N) is 1. The third-order valence-corrected chi connectivity index (χ3v) is 2.41.